The van der Waals surface area contributed by atoms with Crippen LogP contribution in [0.4, 0.5) is 0 Å². The van der Waals surface area contributed by atoms with Gasteiger partial charge in [-0.1, -0.05) is 39.0 Å². The average molecular weight is 202 g/mol. The maximum absolute atomic E-state index is 9.03. The summed E-state index contributed by atoms with van der Waals surface area (Å²) in [5.74, 6) is 0.465. The Kier molecular flexibility index (Phi) is 9.42. The Hall–Kier alpha value is -0.0800. The molecule has 86 valence electrons. The minimum Gasteiger partial charge on any atom is -0.396 e. The lowest BCUT2D eigenvalue weighted by Crippen LogP contribution is -2.00. The summed E-state index contributed by atoms with van der Waals surface area (Å²) in [5.41, 5.74) is 0. The topological polar surface area (TPSA) is 40.5 Å². The minimum absolute atomic E-state index is 0.135. The van der Waals surface area contributed by atoms with E-state index in [-0.39, 0.29) is 6.10 Å². The molecule has 0 aliphatic heterocycles. The van der Waals surface area contributed by atoms with E-state index in [0.717, 1.165) is 19.3 Å². The first kappa shape index (κ1) is 13.9. The Morgan fingerprint density at radius 3 is 1.86 bits per heavy atom. The number of aliphatic hydroxyl groups excluding tert-OH is 2. The van der Waals surface area contributed by atoms with Crippen LogP contribution in [0.1, 0.15) is 58.8 Å². The fourth-order valence-corrected chi connectivity index (χ4v) is 1.55. The standard InChI is InChI=1S/C12H26O2/c1-11(10-13)8-6-4-3-5-7-9-12(2)14/h11-14H,3-10H2,1-2H3. The van der Waals surface area contributed by atoms with E-state index >= 15 is 0 Å². The maximum atomic E-state index is 9.03. The second-order valence-corrected chi connectivity index (χ2v) is 4.48. The van der Waals surface area contributed by atoms with E-state index in [4.69, 9.17) is 10.2 Å². The van der Waals surface area contributed by atoms with Crippen LogP contribution in [0.25, 0.3) is 0 Å². The summed E-state index contributed by atoms with van der Waals surface area (Å²) in [6.45, 7) is 4.26. The van der Waals surface area contributed by atoms with Gasteiger partial charge in [0.2, 0.25) is 0 Å². The molecule has 0 aliphatic carbocycles. The monoisotopic (exact) mass is 202 g/mol. The summed E-state index contributed by atoms with van der Waals surface area (Å²) in [6, 6.07) is 0. The molecule has 0 spiro atoms. The fraction of sp³-hybridized carbons (Fsp3) is 1.00. The highest BCUT2D eigenvalue weighted by Gasteiger charge is 1.99. The first-order chi connectivity index (χ1) is 6.66. The van der Waals surface area contributed by atoms with Crippen LogP contribution in [0.5, 0.6) is 0 Å². The number of rotatable bonds is 9. The van der Waals surface area contributed by atoms with E-state index in [0.29, 0.717) is 12.5 Å². The van der Waals surface area contributed by atoms with Crippen molar-refractivity contribution in [2.24, 2.45) is 5.92 Å². The van der Waals surface area contributed by atoms with Crippen molar-refractivity contribution in [2.45, 2.75) is 64.9 Å². The van der Waals surface area contributed by atoms with Gasteiger partial charge in [0.05, 0.1) is 6.10 Å². The number of hydrogen-bond donors (Lipinski definition) is 2. The molecule has 2 nitrogen and oxygen atoms in total. The van der Waals surface area contributed by atoms with Gasteiger partial charge in [0.1, 0.15) is 0 Å². The Morgan fingerprint density at radius 2 is 1.36 bits per heavy atom. The van der Waals surface area contributed by atoms with Crippen LogP contribution in [0.15, 0.2) is 0 Å². The van der Waals surface area contributed by atoms with Crippen molar-refractivity contribution in [1.29, 1.82) is 0 Å². The van der Waals surface area contributed by atoms with Crippen LogP contribution in [0.3, 0.4) is 0 Å². The third kappa shape index (κ3) is 10.0. The van der Waals surface area contributed by atoms with Crippen molar-refractivity contribution in [1.82, 2.24) is 0 Å². The van der Waals surface area contributed by atoms with Crippen molar-refractivity contribution in [3.05, 3.63) is 0 Å². The second kappa shape index (κ2) is 9.47. The fourth-order valence-electron chi connectivity index (χ4n) is 1.55. The molecule has 0 amide bonds. The predicted molar refractivity (Wildman–Crippen MR) is 60.2 cm³/mol. The van der Waals surface area contributed by atoms with Crippen LogP contribution in [0, 0.1) is 5.92 Å². The number of hydrogen-bond acceptors (Lipinski definition) is 2. The van der Waals surface area contributed by atoms with Gasteiger partial charge in [-0.25, -0.2) is 0 Å². The lowest BCUT2D eigenvalue weighted by Gasteiger charge is -2.07. The largest absolute Gasteiger partial charge is 0.396 e. The molecular weight excluding hydrogens is 176 g/mol. The van der Waals surface area contributed by atoms with Gasteiger partial charge in [0.25, 0.3) is 0 Å². The van der Waals surface area contributed by atoms with Gasteiger partial charge in [-0.3, -0.25) is 0 Å². The summed E-state index contributed by atoms with van der Waals surface area (Å²) >= 11 is 0. The molecule has 0 saturated heterocycles. The highest BCUT2D eigenvalue weighted by molar-refractivity contribution is 4.53. The number of unbranched alkanes of at least 4 members (excludes halogenated alkanes) is 4. The third-order valence-corrected chi connectivity index (χ3v) is 2.63. The van der Waals surface area contributed by atoms with Gasteiger partial charge in [-0.05, 0) is 25.7 Å². The Labute approximate surface area is 88.3 Å². The van der Waals surface area contributed by atoms with Gasteiger partial charge >= 0.3 is 0 Å². The van der Waals surface area contributed by atoms with E-state index in [1.807, 2.05) is 6.92 Å². The van der Waals surface area contributed by atoms with Gasteiger partial charge in [-0.2, -0.15) is 0 Å². The maximum Gasteiger partial charge on any atom is 0.0512 e. The highest BCUT2D eigenvalue weighted by atomic mass is 16.3. The predicted octanol–water partition coefficient (Wildman–Crippen LogP) is 2.73. The van der Waals surface area contributed by atoms with Crippen molar-refractivity contribution in [3.8, 4) is 0 Å². The van der Waals surface area contributed by atoms with Crippen molar-refractivity contribution in [2.75, 3.05) is 6.61 Å². The average Bonchev–Trinajstić information content (AvgIpc) is 2.15. The first-order valence-electron chi connectivity index (χ1n) is 5.95. The molecule has 0 fully saturated rings. The molecule has 0 aromatic rings. The smallest absolute Gasteiger partial charge is 0.0512 e. The number of aliphatic hydroxyl groups is 2. The Balaban J connectivity index is 2.99. The Bertz CT molecular complexity index is 113. The van der Waals surface area contributed by atoms with Gasteiger partial charge in [0.15, 0.2) is 0 Å². The lowest BCUT2D eigenvalue weighted by atomic mass is 10.0. The zero-order valence-electron chi connectivity index (χ0n) is 9.71. The van der Waals surface area contributed by atoms with Crippen LogP contribution < -0.4 is 0 Å². The van der Waals surface area contributed by atoms with Gasteiger partial charge in [-0.15, -0.1) is 0 Å². The molecule has 14 heavy (non-hydrogen) atoms. The zero-order chi connectivity index (χ0) is 10.8. The molecule has 0 radical (unpaired) electrons. The molecule has 2 N–H and O–H groups in total. The molecule has 0 aliphatic rings. The summed E-state index contributed by atoms with van der Waals surface area (Å²) < 4.78 is 0. The molecule has 0 bridgehead atoms. The molecule has 0 aromatic heterocycles. The van der Waals surface area contributed by atoms with Crippen LogP contribution >= 0.6 is 0 Å². The van der Waals surface area contributed by atoms with E-state index in [1.165, 1.54) is 25.7 Å². The highest BCUT2D eigenvalue weighted by Crippen LogP contribution is 2.12. The van der Waals surface area contributed by atoms with Crippen molar-refractivity contribution < 1.29 is 10.2 Å². The van der Waals surface area contributed by atoms with E-state index in [9.17, 15) is 0 Å². The SMILES string of the molecule is CC(O)CCCCCCCC(C)CO. The summed E-state index contributed by atoms with van der Waals surface area (Å²) in [7, 11) is 0. The molecule has 0 heterocycles. The molecule has 0 saturated carbocycles. The lowest BCUT2D eigenvalue weighted by molar-refractivity contribution is 0.180. The molecule has 2 unspecified atom stereocenters. The van der Waals surface area contributed by atoms with Crippen molar-refractivity contribution >= 4 is 0 Å². The molecular formula is C12H26O2. The van der Waals surface area contributed by atoms with E-state index < -0.39 is 0 Å². The van der Waals surface area contributed by atoms with Gasteiger partial charge in [0, 0.05) is 6.61 Å². The second-order valence-electron chi connectivity index (χ2n) is 4.48. The van der Waals surface area contributed by atoms with Crippen LogP contribution in [0.2, 0.25) is 0 Å². The van der Waals surface area contributed by atoms with Gasteiger partial charge < -0.3 is 10.2 Å². The molecule has 0 rings (SSSR count). The van der Waals surface area contributed by atoms with Crippen molar-refractivity contribution in [3.63, 3.8) is 0 Å². The van der Waals surface area contributed by atoms with Crippen LogP contribution in [-0.2, 0) is 0 Å². The molecule has 2 heteroatoms. The molecule has 0 aromatic carbocycles. The van der Waals surface area contributed by atoms with E-state index in [2.05, 4.69) is 6.92 Å². The van der Waals surface area contributed by atoms with E-state index in [1.54, 1.807) is 0 Å². The van der Waals surface area contributed by atoms with Crippen LogP contribution in [-0.4, -0.2) is 22.9 Å². The zero-order valence-corrected chi connectivity index (χ0v) is 9.71. The quantitative estimate of drug-likeness (QED) is 0.564. The summed E-state index contributed by atoms with van der Waals surface area (Å²) in [4.78, 5) is 0. The minimum atomic E-state index is -0.135. The third-order valence-electron chi connectivity index (χ3n) is 2.63. The molecule has 2 atom stereocenters. The normalized spacial score (nSPS) is 15.4. The summed E-state index contributed by atoms with van der Waals surface area (Å²) in [5, 5.41) is 17.8. The Morgan fingerprint density at radius 1 is 0.857 bits per heavy atom. The summed E-state index contributed by atoms with van der Waals surface area (Å²) in [6.07, 6.45) is 8.10. The first-order valence-corrected chi connectivity index (χ1v) is 5.95.